The molecule has 1 saturated heterocycles. The van der Waals surface area contributed by atoms with Gasteiger partial charge in [0.15, 0.2) is 0 Å². The van der Waals surface area contributed by atoms with Crippen molar-refractivity contribution < 1.29 is 19.4 Å². The van der Waals surface area contributed by atoms with Crippen molar-refractivity contribution in [3.63, 3.8) is 0 Å². The lowest BCUT2D eigenvalue weighted by Crippen LogP contribution is -2.56. The van der Waals surface area contributed by atoms with Crippen LogP contribution in [0.5, 0.6) is 0 Å². The highest BCUT2D eigenvalue weighted by atomic mass is 16.5. The third kappa shape index (κ3) is 4.70. The Bertz CT molecular complexity index is 331. The van der Waals surface area contributed by atoms with Crippen LogP contribution in [0.3, 0.4) is 0 Å². The molecule has 0 aromatic heterocycles. The number of aliphatic carboxylic acids is 1. The van der Waals surface area contributed by atoms with E-state index in [-0.39, 0.29) is 12.1 Å². The van der Waals surface area contributed by atoms with E-state index in [2.05, 4.69) is 5.32 Å². The van der Waals surface area contributed by atoms with Gasteiger partial charge in [0.25, 0.3) is 0 Å². The van der Waals surface area contributed by atoms with Gasteiger partial charge in [-0.05, 0) is 33.1 Å². The minimum absolute atomic E-state index is 0.0624. The summed E-state index contributed by atoms with van der Waals surface area (Å²) in [5.74, 6) is -1.04. The average molecular weight is 272 g/mol. The van der Waals surface area contributed by atoms with E-state index in [1.54, 1.807) is 4.90 Å². The molecule has 1 fully saturated rings. The number of hydrogen-bond acceptors (Lipinski definition) is 3. The first kappa shape index (κ1) is 15.8. The molecule has 1 aliphatic rings. The van der Waals surface area contributed by atoms with Crippen molar-refractivity contribution >= 4 is 12.0 Å². The molecule has 1 unspecified atom stereocenters. The normalized spacial score (nSPS) is 20.2. The lowest BCUT2D eigenvalue weighted by molar-refractivity contribution is -0.143. The third-order valence-corrected chi connectivity index (χ3v) is 3.18. The van der Waals surface area contributed by atoms with Crippen LogP contribution in [0, 0.1) is 0 Å². The summed E-state index contributed by atoms with van der Waals surface area (Å²) in [6.45, 7) is 6.86. The largest absolute Gasteiger partial charge is 0.480 e. The number of hydrogen-bond donors (Lipinski definition) is 2. The van der Waals surface area contributed by atoms with Gasteiger partial charge in [0.05, 0.1) is 6.10 Å². The number of carbonyl (C=O) groups is 2. The van der Waals surface area contributed by atoms with Gasteiger partial charge in [-0.2, -0.15) is 0 Å². The number of urea groups is 1. The van der Waals surface area contributed by atoms with Crippen LogP contribution in [0.1, 0.15) is 40.0 Å². The van der Waals surface area contributed by atoms with Crippen LogP contribution >= 0.6 is 0 Å². The molecule has 1 aliphatic heterocycles. The SMILES string of the molecule is CCCOC1CCCN(C(=O)NC(C)(C)C(=O)O)C1. The summed E-state index contributed by atoms with van der Waals surface area (Å²) in [6, 6.07) is -0.336. The molecule has 0 saturated carbocycles. The summed E-state index contributed by atoms with van der Waals surface area (Å²) in [5, 5.41) is 11.5. The summed E-state index contributed by atoms with van der Waals surface area (Å²) < 4.78 is 5.65. The monoisotopic (exact) mass is 272 g/mol. The number of carboxylic acids is 1. The molecule has 0 aromatic rings. The summed E-state index contributed by atoms with van der Waals surface area (Å²) in [7, 11) is 0. The van der Waals surface area contributed by atoms with Crippen molar-refractivity contribution in [3.05, 3.63) is 0 Å². The van der Waals surface area contributed by atoms with Gasteiger partial charge in [0.2, 0.25) is 0 Å². The Morgan fingerprint density at radius 1 is 1.47 bits per heavy atom. The number of carbonyl (C=O) groups excluding carboxylic acids is 1. The van der Waals surface area contributed by atoms with Gasteiger partial charge < -0.3 is 20.1 Å². The van der Waals surface area contributed by atoms with Crippen LogP contribution in [0.4, 0.5) is 4.79 Å². The maximum absolute atomic E-state index is 12.0. The first-order valence-corrected chi connectivity index (χ1v) is 6.79. The molecule has 0 bridgehead atoms. The first-order valence-electron chi connectivity index (χ1n) is 6.79. The van der Waals surface area contributed by atoms with Gasteiger partial charge in [-0.25, -0.2) is 9.59 Å². The Morgan fingerprint density at radius 2 is 2.16 bits per heavy atom. The molecule has 0 aromatic carbocycles. The molecule has 2 amide bonds. The second-order valence-electron chi connectivity index (χ2n) is 5.44. The number of nitrogens with zero attached hydrogens (tertiary/aromatic N) is 1. The number of piperidine rings is 1. The van der Waals surface area contributed by atoms with Gasteiger partial charge >= 0.3 is 12.0 Å². The van der Waals surface area contributed by atoms with E-state index >= 15 is 0 Å². The summed E-state index contributed by atoms with van der Waals surface area (Å²) in [4.78, 5) is 24.7. The topological polar surface area (TPSA) is 78.9 Å². The summed E-state index contributed by atoms with van der Waals surface area (Å²) in [6.07, 6.45) is 2.85. The molecule has 6 nitrogen and oxygen atoms in total. The van der Waals surface area contributed by atoms with Gasteiger partial charge in [0, 0.05) is 19.7 Å². The van der Waals surface area contributed by atoms with E-state index in [0.717, 1.165) is 19.3 Å². The van der Waals surface area contributed by atoms with E-state index in [0.29, 0.717) is 19.7 Å². The van der Waals surface area contributed by atoms with Gasteiger partial charge in [-0.15, -0.1) is 0 Å². The van der Waals surface area contributed by atoms with E-state index in [1.807, 2.05) is 6.92 Å². The standard InChI is InChI=1S/C13H24N2O4/c1-4-8-19-10-6-5-7-15(9-10)12(18)14-13(2,3)11(16)17/h10H,4-9H2,1-3H3,(H,14,18)(H,16,17). The van der Waals surface area contributed by atoms with E-state index in [4.69, 9.17) is 9.84 Å². The molecule has 1 rings (SSSR count). The van der Waals surface area contributed by atoms with Crippen molar-refractivity contribution in [2.75, 3.05) is 19.7 Å². The minimum Gasteiger partial charge on any atom is -0.480 e. The summed E-state index contributed by atoms with van der Waals surface area (Å²) in [5.41, 5.74) is -1.26. The zero-order valence-electron chi connectivity index (χ0n) is 11.9. The molecule has 1 atom stereocenters. The molecular formula is C13H24N2O4. The molecule has 0 spiro atoms. The van der Waals surface area contributed by atoms with E-state index in [9.17, 15) is 9.59 Å². The van der Waals surface area contributed by atoms with Crippen LogP contribution in [-0.2, 0) is 9.53 Å². The Balaban J connectivity index is 2.50. The van der Waals surface area contributed by atoms with Crippen molar-refractivity contribution in [1.29, 1.82) is 0 Å². The van der Waals surface area contributed by atoms with Crippen LogP contribution in [-0.4, -0.2) is 53.3 Å². The van der Waals surface area contributed by atoms with Gasteiger partial charge in [-0.3, -0.25) is 0 Å². The molecule has 1 heterocycles. The quantitative estimate of drug-likeness (QED) is 0.794. The Labute approximate surface area is 114 Å². The van der Waals surface area contributed by atoms with Crippen LogP contribution in [0.15, 0.2) is 0 Å². The van der Waals surface area contributed by atoms with Crippen molar-refractivity contribution in [1.82, 2.24) is 10.2 Å². The predicted octanol–water partition coefficient (Wildman–Crippen LogP) is 1.45. The third-order valence-electron chi connectivity index (χ3n) is 3.18. The fourth-order valence-electron chi connectivity index (χ4n) is 1.94. The summed E-state index contributed by atoms with van der Waals surface area (Å²) >= 11 is 0. The highest BCUT2D eigenvalue weighted by Crippen LogP contribution is 2.14. The van der Waals surface area contributed by atoms with Crippen molar-refractivity contribution in [2.45, 2.75) is 51.7 Å². The second-order valence-corrected chi connectivity index (χ2v) is 5.44. The molecule has 2 N–H and O–H groups in total. The number of likely N-dealkylation sites (tertiary alicyclic amines) is 1. The predicted molar refractivity (Wildman–Crippen MR) is 71.1 cm³/mol. The van der Waals surface area contributed by atoms with Crippen LogP contribution in [0.25, 0.3) is 0 Å². The van der Waals surface area contributed by atoms with Crippen LogP contribution in [0.2, 0.25) is 0 Å². The lowest BCUT2D eigenvalue weighted by atomic mass is 10.1. The fourth-order valence-corrected chi connectivity index (χ4v) is 1.94. The molecule has 0 radical (unpaired) electrons. The van der Waals surface area contributed by atoms with Crippen molar-refractivity contribution in [3.8, 4) is 0 Å². The number of nitrogens with one attached hydrogen (secondary N) is 1. The number of rotatable bonds is 5. The van der Waals surface area contributed by atoms with Crippen LogP contribution < -0.4 is 5.32 Å². The maximum Gasteiger partial charge on any atom is 0.328 e. The van der Waals surface area contributed by atoms with E-state index in [1.165, 1.54) is 13.8 Å². The number of carboxylic acid groups (broad SMARTS) is 1. The minimum atomic E-state index is -1.26. The Kier molecular flexibility index (Phi) is 5.60. The lowest BCUT2D eigenvalue weighted by Gasteiger charge is -2.34. The smallest absolute Gasteiger partial charge is 0.328 e. The maximum atomic E-state index is 12.0. The first-order chi connectivity index (χ1) is 8.86. The van der Waals surface area contributed by atoms with Gasteiger partial charge in [-0.1, -0.05) is 6.92 Å². The van der Waals surface area contributed by atoms with E-state index < -0.39 is 11.5 Å². The van der Waals surface area contributed by atoms with Gasteiger partial charge in [0.1, 0.15) is 5.54 Å². The zero-order valence-corrected chi connectivity index (χ0v) is 11.9. The molecule has 110 valence electrons. The molecule has 19 heavy (non-hydrogen) atoms. The fraction of sp³-hybridized carbons (Fsp3) is 0.846. The highest BCUT2D eigenvalue weighted by molar-refractivity contribution is 5.85. The highest BCUT2D eigenvalue weighted by Gasteiger charge is 2.32. The average Bonchev–Trinajstić information content (AvgIpc) is 2.36. The number of amides is 2. The number of ether oxygens (including phenoxy) is 1. The van der Waals surface area contributed by atoms with Crippen molar-refractivity contribution in [2.24, 2.45) is 0 Å². The molecule has 0 aliphatic carbocycles. The molecule has 6 heteroatoms. The molecular weight excluding hydrogens is 248 g/mol. The second kappa shape index (κ2) is 6.75. The Morgan fingerprint density at radius 3 is 2.74 bits per heavy atom. The Hall–Kier alpha value is -1.30. The zero-order chi connectivity index (χ0) is 14.5.